The maximum Gasteiger partial charge on any atom is 0.265 e. The van der Waals surface area contributed by atoms with Gasteiger partial charge in [-0.15, -0.1) is 0 Å². The van der Waals surface area contributed by atoms with Gasteiger partial charge < -0.3 is 25.6 Å². The highest BCUT2D eigenvalue weighted by molar-refractivity contribution is 5.98. The Hall–Kier alpha value is -3.74. The standard InChI is InChI=1S/C18H13N3O4/c19-14-16(23)13-15(21-25-18(13)20-17(14)24)10-7-5-9(6-8-10)11-3-1-2-4-12(11)22/h1-8,22H,19H2,(H2,20,23,24). The summed E-state index contributed by atoms with van der Waals surface area (Å²) in [7, 11) is 0. The first kappa shape index (κ1) is 14.8. The van der Waals surface area contributed by atoms with Gasteiger partial charge in [-0.2, -0.15) is 4.98 Å². The number of para-hydroxylation sites is 1. The lowest BCUT2D eigenvalue weighted by atomic mass is 10.0. The zero-order chi connectivity index (χ0) is 17.6. The Morgan fingerprint density at radius 1 is 0.880 bits per heavy atom. The van der Waals surface area contributed by atoms with Crippen molar-refractivity contribution in [1.82, 2.24) is 10.1 Å². The van der Waals surface area contributed by atoms with Crippen molar-refractivity contribution in [2.45, 2.75) is 0 Å². The Bertz CT molecular complexity index is 1090. The van der Waals surface area contributed by atoms with Crippen LogP contribution in [0.5, 0.6) is 17.4 Å². The quantitative estimate of drug-likeness (QED) is 0.443. The van der Waals surface area contributed by atoms with Crippen molar-refractivity contribution in [3.63, 3.8) is 0 Å². The number of fused-ring (bicyclic) bond motifs is 1. The number of phenols is 1. The topological polar surface area (TPSA) is 126 Å². The fourth-order valence-electron chi connectivity index (χ4n) is 2.69. The van der Waals surface area contributed by atoms with E-state index in [0.29, 0.717) is 16.8 Å². The molecule has 124 valence electrons. The predicted octanol–water partition coefficient (Wildman–Crippen LogP) is 3.26. The highest BCUT2D eigenvalue weighted by atomic mass is 16.5. The van der Waals surface area contributed by atoms with E-state index in [1.165, 1.54) is 0 Å². The largest absolute Gasteiger partial charge is 0.507 e. The fraction of sp³-hybridized carbons (Fsp3) is 0. The second-order valence-corrected chi connectivity index (χ2v) is 5.50. The molecule has 4 rings (SSSR count). The minimum Gasteiger partial charge on any atom is -0.507 e. The second kappa shape index (κ2) is 5.41. The minimum absolute atomic E-state index is 0.0102. The third kappa shape index (κ3) is 2.29. The van der Waals surface area contributed by atoms with Gasteiger partial charge in [-0.3, -0.25) is 0 Å². The van der Waals surface area contributed by atoms with E-state index >= 15 is 0 Å². The highest BCUT2D eigenvalue weighted by Crippen LogP contribution is 2.41. The van der Waals surface area contributed by atoms with Gasteiger partial charge in [0.05, 0.1) is 0 Å². The number of nitrogen functional groups attached to an aromatic ring is 1. The Morgan fingerprint density at radius 3 is 2.28 bits per heavy atom. The van der Waals surface area contributed by atoms with Crippen molar-refractivity contribution in [2.75, 3.05) is 5.73 Å². The number of aromatic nitrogens is 2. The van der Waals surface area contributed by atoms with Crippen molar-refractivity contribution in [3.05, 3.63) is 48.5 Å². The Labute approximate surface area is 141 Å². The van der Waals surface area contributed by atoms with E-state index in [1.54, 1.807) is 24.3 Å². The number of rotatable bonds is 2. The third-order valence-corrected chi connectivity index (χ3v) is 3.99. The van der Waals surface area contributed by atoms with E-state index in [4.69, 9.17) is 10.3 Å². The molecule has 0 amide bonds. The molecule has 0 saturated heterocycles. The van der Waals surface area contributed by atoms with Gasteiger partial charge in [-0.25, -0.2) is 0 Å². The van der Waals surface area contributed by atoms with Gasteiger partial charge in [0.2, 0.25) is 5.88 Å². The highest BCUT2D eigenvalue weighted by Gasteiger charge is 2.20. The molecule has 2 aromatic heterocycles. The first-order chi connectivity index (χ1) is 12.1. The Morgan fingerprint density at radius 2 is 1.56 bits per heavy atom. The summed E-state index contributed by atoms with van der Waals surface area (Å²) in [6, 6.07) is 14.2. The number of anilines is 1. The minimum atomic E-state index is -0.511. The zero-order valence-electron chi connectivity index (χ0n) is 12.8. The molecule has 0 saturated carbocycles. The van der Waals surface area contributed by atoms with Crippen LogP contribution in [0.4, 0.5) is 5.69 Å². The van der Waals surface area contributed by atoms with Crippen LogP contribution in [-0.4, -0.2) is 25.5 Å². The van der Waals surface area contributed by atoms with Crippen LogP contribution in [0.2, 0.25) is 0 Å². The smallest absolute Gasteiger partial charge is 0.265 e. The summed E-state index contributed by atoms with van der Waals surface area (Å²) in [4.78, 5) is 3.77. The summed E-state index contributed by atoms with van der Waals surface area (Å²) < 4.78 is 5.08. The maximum absolute atomic E-state index is 10.2. The molecule has 0 bridgehead atoms. The van der Waals surface area contributed by atoms with Crippen molar-refractivity contribution in [3.8, 4) is 39.8 Å². The summed E-state index contributed by atoms with van der Waals surface area (Å²) in [5.74, 6) is -0.654. The summed E-state index contributed by atoms with van der Waals surface area (Å²) in [5, 5.41) is 33.8. The first-order valence-electron chi connectivity index (χ1n) is 7.42. The Kier molecular flexibility index (Phi) is 3.21. The lowest BCUT2D eigenvalue weighted by molar-refractivity contribution is 0.424. The van der Waals surface area contributed by atoms with Crippen LogP contribution in [0.15, 0.2) is 53.1 Å². The van der Waals surface area contributed by atoms with Gasteiger partial charge in [-0.05, 0) is 11.6 Å². The van der Waals surface area contributed by atoms with Crippen LogP contribution in [0.3, 0.4) is 0 Å². The van der Waals surface area contributed by atoms with Crippen LogP contribution >= 0.6 is 0 Å². The number of aromatic hydroxyl groups is 3. The maximum atomic E-state index is 10.2. The van der Waals surface area contributed by atoms with Gasteiger partial charge in [0.15, 0.2) is 5.75 Å². The number of benzene rings is 2. The van der Waals surface area contributed by atoms with E-state index < -0.39 is 5.88 Å². The average molecular weight is 335 g/mol. The lowest BCUT2D eigenvalue weighted by Gasteiger charge is -2.06. The molecule has 0 unspecified atom stereocenters. The van der Waals surface area contributed by atoms with E-state index in [2.05, 4.69) is 10.1 Å². The number of phenolic OH excluding ortho intramolecular Hbond substituents is 1. The van der Waals surface area contributed by atoms with Crippen molar-refractivity contribution < 1.29 is 19.8 Å². The molecular weight excluding hydrogens is 322 g/mol. The average Bonchev–Trinajstić information content (AvgIpc) is 3.04. The monoisotopic (exact) mass is 335 g/mol. The molecule has 25 heavy (non-hydrogen) atoms. The third-order valence-electron chi connectivity index (χ3n) is 3.99. The lowest BCUT2D eigenvalue weighted by Crippen LogP contribution is -1.90. The number of hydrogen-bond donors (Lipinski definition) is 4. The first-order valence-corrected chi connectivity index (χ1v) is 7.42. The molecule has 2 heterocycles. The van der Waals surface area contributed by atoms with Crippen molar-refractivity contribution >= 4 is 16.8 Å². The molecule has 0 fully saturated rings. The molecule has 0 atom stereocenters. The van der Waals surface area contributed by atoms with Crippen LogP contribution in [0, 0.1) is 0 Å². The fourth-order valence-corrected chi connectivity index (χ4v) is 2.69. The molecule has 0 aliphatic rings. The second-order valence-electron chi connectivity index (χ2n) is 5.50. The summed E-state index contributed by atoms with van der Waals surface area (Å²) >= 11 is 0. The predicted molar refractivity (Wildman–Crippen MR) is 92.1 cm³/mol. The molecule has 0 aliphatic heterocycles. The van der Waals surface area contributed by atoms with Gasteiger partial charge in [-0.1, -0.05) is 47.6 Å². The van der Waals surface area contributed by atoms with Gasteiger partial charge >= 0.3 is 0 Å². The SMILES string of the molecule is Nc1c(O)nc2onc(-c3ccc(-c4ccccc4O)cc3)c2c1O. The number of nitrogens with two attached hydrogens (primary N) is 1. The molecule has 2 aromatic carbocycles. The molecule has 7 heteroatoms. The van der Waals surface area contributed by atoms with E-state index in [9.17, 15) is 15.3 Å². The normalized spacial score (nSPS) is 11.0. The van der Waals surface area contributed by atoms with Crippen molar-refractivity contribution in [2.24, 2.45) is 0 Å². The molecular formula is C18H13N3O4. The number of nitrogens with zero attached hydrogens (tertiary/aromatic N) is 2. The van der Waals surface area contributed by atoms with Gasteiger partial charge in [0, 0.05) is 11.1 Å². The van der Waals surface area contributed by atoms with Crippen LogP contribution < -0.4 is 5.73 Å². The molecule has 4 aromatic rings. The van der Waals surface area contributed by atoms with Crippen LogP contribution in [-0.2, 0) is 0 Å². The summed E-state index contributed by atoms with van der Waals surface area (Å²) in [6.45, 7) is 0. The molecule has 0 spiro atoms. The number of pyridine rings is 1. The molecule has 7 nitrogen and oxygen atoms in total. The Balaban J connectivity index is 1.83. The van der Waals surface area contributed by atoms with Gasteiger partial charge in [0.25, 0.3) is 5.71 Å². The number of hydrogen-bond acceptors (Lipinski definition) is 7. The van der Waals surface area contributed by atoms with E-state index in [1.807, 2.05) is 24.3 Å². The van der Waals surface area contributed by atoms with Gasteiger partial charge in [0.1, 0.15) is 22.5 Å². The van der Waals surface area contributed by atoms with E-state index in [0.717, 1.165) is 5.56 Å². The molecule has 5 N–H and O–H groups in total. The van der Waals surface area contributed by atoms with Crippen LogP contribution in [0.1, 0.15) is 0 Å². The van der Waals surface area contributed by atoms with Crippen LogP contribution in [0.25, 0.3) is 33.5 Å². The molecule has 0 aliphatic carbocycles. The van der Waals surface area contributed by atoms with E-state index in [-0.39, 0.29) is 28.3 Å². The summed E-state index contributed by atoms with van der Waals surface area (Å²) in [6.07, 6.45) is 0. The van der Waals surface area contributed by atoms with Crippen molar-refractivity contribution in [1.29, 1.82) is 0 Å². The molecule has 0 radical (unpaired) electrons. The summed E-state index contributed by atoms with van der Waals surface area (Å²) in [5.41, 5.74) is 7.93. The zero-order valence-corrected chi connectivity index (χ0v) is 12.8.